The Hall–Kier alpha value is -2.98. The van der Waals surface area contributed by atoms with E-state index < -0.39 is 23.6 Å². The summed E-state index contributed by atoms with van der Waals surface area (Å²) in [6.07, 6.45) is 5.45. The molecule has 1 aromatic carbocycles. The van der Waals surface area contributed by atoms with Crippen molar-refractivity contribution in [2.24, 2.45) is 11.3 Å². The number of carbonyl (C=O) groups is 4. The Morgan fingerprint density at radius 2 is 1.53 bits per heavy atom. The van der Waals surface area contributed by atoms with Gasteiger partial charge in [0.25, 0.3) is 0 Å². The van der Waals surface area contributed by atoms with Crippen LogP contribution in [0.4, 0.5) is 0 Å². The zero-order valence-corrected chi connectivity index (χ0v) is 30.0. The van der Waals surface area contributed by atoms with Crippen LogP contribution in [0.25, 0.3) is 0 Å². The van der Waals surface area contributed by atoms with Crippen LogP contribution in [-0.2, 0) is 23.9 Å². The number of nitrogens with zero attached hydrogens (tertiary/aromatic N) is 4. The highest BCUT2D eigenvalue weighted by Crippen LogP contribution is 2.29. The van der Waals surface area contributed by atoms with Crippen molar-refractivity contribution in [3.05, 3.63) is 35.9 Å². The first-order chi connectivity index (χ1) is 22.2. The molecule has 3 heterocycles. The van der Waals surface area contributed by atoms with E-state index in [-0.39, 0.29) is 47.7 Å². The number of esters is 1. The first-order valence-corrected chi connectivity index (χ1v) is 17.8. The van der Waals surface area contributed by atoms with Crippen LogP contribution in [0, 0.1) is 11.3 Å². The summed E-state index contributed by atoms with van der Waals surface area (Å²) in [6.45, 7) is 14.8. The smallest absolute Gasteiger partial charge is 0.329 e. The van der Waals surface area contributed by atoms with Gasteiger partial charge in [0.1, 0.15) is 18.2 Å². The molecule has 0 saturated carbocycles. The van der Waals surface area contributed by atoms with E-state index in [9.17, 15) is 19.2 Å². The van der Waals surface area contributed by atoms with E-state index in [1.54, 1.807) is 9.80 Å². The number of carbonyl (C=O) groups excluding carboxylic acids is 4. The van der Waals surface area contributed by atoms with E-state index in [1.165, 1.54) is 0 Å². The van der Waals surface area contributed by atoms with Gasteiger partial charge < -0.3 is 19.9 Å². The molecule has 47 heavy (non-hydrogen) atoms. The van der Waals surface area contributed by atoms with Gasteiger partial charge >= 0.3 is 5.97 Å². The van der Waals surface area contributed by atoms with Crippen molar-refractivity contribution < 1.29 is 23.9 Å². The van der Waals surface area contributed by atoms with Crippen molar-refractivity contribution in [2.75, 3.05) is 40.3 Å². The molecule has 4 rings (SSSR count). The molecule has 1 unspecified atom stereocenters. The third kappa shape index (κ3) is 8.93. The monoisotopic (exact) mass is 653 g/mol. The first kappa shape index (κ1) is 36.8. The number of likely N-dealkylation sites (tertiary alicyclic amines) is 3. The van der Waals surface area contributed by atoms with Gasteiger partial charge in [-0.2, -0.15) is 0 Å². The van der Waals surface area contributed by atoms with Crippen molar-refractivity contribution in [2.45, 2.75) is 123 Å². The van der Waals surface area contributed by atoms with Gasteiger partial charge in [0.15, 0.2) is 0 Å². The average molecular weight is 654 g/mol. The molecule has 3 amide bonds. The van der Waals surface area contributed by atoms with Gasteiger partial charge in [-0.1, -0.05) is 71.4 Å². The predicted octanol–water partition coefficient (Wildman–Crippen LogP) is 4.24. The molecule has 10 heteroatoms. The van der Waals surface area contributed by atoms with E-state index >= 15 is 0 Å². The summed E-state index contributed by atoms with van der Waals surface area (Å²) < 4.78 is 5.84. The minimum absolute atomic E-state index is 0.0257. The molecule has 6 atom stereocenters. The summed E-state index contributed by atoms with van der Waals surface area (Å²) in [6, 6.07) is 7.64. The van der Waals surface area contributed by atoms with Crippen molar-refractivity contribution >= 4 is 23.7 Å². The van der Waals surface area contributed by atoms with Gasteiger partial charge in [0, 0.05) is 26.2 Å². The molecule has 0 aliphatic carbocycles. The minimum Gasteiger partial charge on any atom is -0.456 e. The Morgan fingerprint density at radius 1 is 0.894 bits per heavy atom. The molecule has 262 valence electrons. The number of hydrogen-bond donors (Lipinski definition) is 1. The van der Waals surface area contributed by atoms with Crippen LogP contribution in [0.2, 0.25) is 0 Å². The molecule has 0 aromatic heterocycles. The lowest BCUT2D eigenvalue weighted by molar-refractivity contribution is -0.159. The van der Waals surface area contributed by atoms with Gasteiger partial charge in [0.2, 0.25) is 17.7 Å². The fraction of sp³-hybridized carbons (Fsp3) is 0.730. The van der Waals surface area contributed by atoms with Gasteiger partial charge in [-0.15, -0.1) is 0 Å². The third-order valence-electron chi connectivity index (χ3n) is 10.5. The summed E-state index contributed by atoms with van der Waals surface area (Å²) in [5.74, 6) is -0.453. The van der Waals surface area contributed by atoms with E-state index in [2.05, 4.69) is 29.0 Å². The van der Waals surface area contributed by atoms with Crippen LogP contribution in [0.3, 0.4) is 0 Å². The van der Waals surface area contributed by atoms with E-state index in [0.29, 0.717) is 19.5 Å². The highest BCUT2D eigenvalue weighted by molar-refractivity contribution is 5.91. The fourth-order valence-electron chi connectivity index (χ4n) is 7.52. The van der Waals surface area contributed by atoms with E-state index in [0.717, 1.165) is 57.2 Å². The maximum absolute atomic E-state index is 14.2. The summed E-state index contributed by atoms with van der Waals surface area (Å²) in [5.41, 5.74) is 0.436. The normalized spacial score (nSPS) is 24.5. The second kappa shape index (κ2) is 15.9. The third-order valence-corrected chi connectivity index (χ3v) is 10.5. The molecule has 1 N–H and O–H groups in total. The van der Waals surface area contributed by atoms with Crippen molar-refractivity contribution in [3.63, 3.8) is 0 Å². The van der Waals surface area contributed by atoms with Crippen LogP contribution < -0.4 is 5.32 Å². The lowest BCUT2D eigenvalue weighted by Gasteiger charge is -2.41. The lowest BCUT2D eigenvalue weighted by atomic mass is 9.84. The predicted molar refractivity (Wildman–Crippen MR) is 183 cm³/mol. The maximum Gasteiger partial charge on any atom is 0.329 e. The van der Waals surface area contributed by atoms with Crippen LogP contribution in [0.5, 0.6) is 0 Å². The molecule has 1 aromatic rings. The molecule has 3 saturated heterocycles. The largest absolute Gasteiger partial charge is 0.456 e. The van der Waals surface area contributed by atoms with E-state index in [4.69, 9.17) is 4.74 Å². The van der Waals surface area contributed by atoms with Gasteiger partial charge in [-0.05, 0) is 82.5 Å². The summed E-state index contributed by atoms with van der Waals surface area (Å²) in [5, 5.41) is 3.14. The van der Waals surface area contributed by atoms with Crippen molar-refractivity contribution in [3.8, 4) is 0 Å². The standard InChI is InChI=1S/C37H59N5O5/c1-25(2)31(40(8)35(45)32(37(4,5)6)38-33(43)28-18-12-13-21-39(28)7)24-41-22-14-19-29(41)34(44)42-23-15-20-30(42)36(46)47-26(3)27-16-10-9-11-17-27/h9-11,16-17,25-26,28-32H,12-15,18-24H2,1-8H3,(H,38,43)/t26?,28-,29+,30+,31-,32-/m1/s1. The molecule has 0 bridgehead atoms. The summed E-state index contributed by atoms with van der Waals surface area (Å²) in [7, 11) is 3.81. The summed E-state index contributed by atoms with van der Waals surface area (Å²) in [4.78, 5) is 62.8. The van der Waals surface area contributed by atoms with Gasteiger partial charge in [-0.3, -0.25) is 24.2 Å². The zero-order valence-electron chi connectivity index (χ0n) is 30.0. The van der Waals surface area contributed by atoms with Crippen molar-refractivity contribution in [1.82, 2.24) is 24.9 Å². The Kier molecular flexibility index (Phi) is 12.5. The highest BCUT2D eigenvalue weighted by atomic mass is 16.5. The average Bonchev–Trinajstić information content (AvgIpc) is 3.72. The molecule has 10 nitrogen and oxygen atoms in total. The number of ether oxygens (including phenoxy) is 1. The SMILES string of the molecule is CC(OC(=O)[C@@H]1CCCN1C(=O)[C@@H]1CCCN1C[C@H](C(C)C)N(C)C(=O)[C@@H](NC(=O)[C@H]1CCCCN1C)C(C)(C)C)c1ccccc1. The highest BCUT2D eigenvalue weighted by Gasteiger charge is 2.44. The zero-order chi connectivity index (χ0) is 34.5. The number of rotatable bonds is 11. The Bertz CT molecular complexity index is 1230. The Morgan fingerprint density at radius 3 is 2.17 bits per heavy atom. The number of hydrogen-bond acceptors (Lipinski definition) is 7. The van der Waals surface area contributed by atoms with Crippen LogP contribution in [0.1, 0.15) is 98.2 Å². The lowest BCUT2D eigenvalue weighted by Crippen LogP contribution is -2.61. The molecule has 3 aliphatic heterocycles. The Balaban J connectivity index is 1.43. The van der Waals surface area contributed by atoms with Crippen LogP contribution in [-0.4, -0.2) is 114 Å². The topological polar surface area (TPSA) is 102 Å². The number of likely N-dealkylation sites (N-methyl/N-ethyl adjacent to an activating group) is 2. The van der Waals surface area contributed by atoms with Gasteiger partial charge in [-0.25, -0.2) is 4.79 Å². The summed E-state index contributed by atoms with van der Waals surface area (Å²) >= 11 is 0. The molecular formula is C37H59N5O5. The number of piperidine rings is 1. The molecule has 3 aliphatic rings. The number of benzene rings is 1. The first-order valence-electron chi connectivity index (χ1n) is 17.8. The second-order valence-corrected chi connectivity index (χ2v) is 15.4. The molecular weight excluding hydrogens is 594 g/mol. The number of amides is 3. The van der Waals surface area contributed by atoms with Crippen LogP contribution >= 0.6 is 0 Å². The molecule has 0 radical (unpaired) electrons. The number of nitrogens with one attached hydrogen (secondary N) is 1. The van der Waals surface area contributed by atoms with E-state index in [1.807, 2.05) is 72.1 Å². The maximum atomic E-state index is 14.2. The quantitative estimate of drug-likeness (QED) is 0.357. The fourth-order valence-corrected chi connectivity index (χ4v) is 7.52. The van der Waals surface area contributed by atoms with Crippen LogP contribution in [0.15, 0.2) is 30.3 Å². The second-order valence-electron chi connectivity index (χ2n) is 15.4. The van der Waals surface area contributed by atoms with Gasteiger partial charge in [0.05, 0.1) is 12.1 Å². The molecule has 3 fully saturated rings. The van der Waals surface area contributed by atoms with Crippen molar-refractivity contribution in [1.29, 1.82) is 0 Å². The minimum atomic E-state index is -0.678. The molecule has 0 spiro atoms. The Labute approximate surface area is 282 Å².